The van der Waals surface area contributed by atoms with Gasteiger partial charge in [-0.15, -0.1) is 0 Å². The molecule has 0 atom stereocenters. The molecule has 0 saturated carbocycles. The highest BCUT2D eigenvalue weighted by Crippen LogP contribution is 2.17. The maximum atomic E-state index is 12.0. The summed E-state index contributed by atoms with van der Waals surface area (Å²) in [6.45, 7) is 8.13. The van der Waals surface area contributed by atoms with Crippen LogP contribution in [-0.2, 0) is 11.3 Å². The fourth-order valence-corrected chi connectivity index (χ4v) is 3.33. The van der Waals surface area contributed by atoms with Crippen molar-refractivity contribution in [3.8, 4) is 0 Å². The molecule has 0 spiro atoms. The molecule has 6 nitrogen and oxygen atoms in total. The molecule has 0 radical (unpaired) electrons. The molecule has 2 aromatic rings. The number of hydrogen-bond donors (Lipinski definition) is 1. The Hall–Kier alpha value is -2.05. The topological polar surface area (TPSA) is 53.4 Å². The second-order valence-corrected chi connectivity index (χ2v) is 7.13. The molecule has 0 unspecified atom stereocenters. The molecular weight excluding hydrogens is 350 g/mol. The molecule has 1 N–H and O–H groups in total. The predicted molar refractivity (Wildman–Crippen MR) is 105 cm³/mol. The number of nitrogens with one attached hydrogen (secondary N) is 1. The van der Waals surface area contributed by atoms with Crippen molar-refractivity contribution in [2.45, 2.75) is 19.9 Å². The highest BCUT2D eigenvalue weighted by molar-refractivity contribution is 6.30. The van der Waals surface area contributed by atoms with Gasteiger partial charge >= 0.3 is 0 Å². The summed E-state index contributed by atoms with van der Waals surface area (Å²) in [5.41, 5.74) is 2.58. The van der Waals surface area contributed by atoms with Gasteiger partial charge in [0.2, 0.25) is 5.91 Å². The highest BCUT2D eigenvalue weighted by Gasteiger charge is 2.17. The van der Waals surface area contributed by atoms with Gasteiger partial charge in [0.15, 0.2) is 0 Å². The van der Waals surface area contributed by atoms with Gasteiger partial charge in [0.25, 0.3) is 0 Å². The molecule has 3 rings (SSSR count). The first kappa shape index (κ1) is 18.7. The van der Waals surface area contributed by atoms with Crippen molar-refractivity contribution in [1.82, 2.24) is 20.0 Å². The SMILES string of the molecule is Cc1cccc(N2CCN(CCC(=O)NCCn3cc(Cl)cn3)CC2)c1. The lowest BCUT2D eigenvalue weighted by Gasteiger charge is -2.36. The number of halogens is 1. The zero-order valence-corrected chi connectivity index (χ0v) is 16.0. The van der Waals surface area contributed by atoms with Crippen LogP contribution in [0.4, 0.5) is 5.69 Å². The van der Waals surface area contributed by atoms with Gasteiger partial charge in [-0.05, 0) is 24.6 Å². The Morgan fingerprint density at radius 2 is 2.04 bits per heavy atom. The summed E-state index contributed by atoms with van der Waals surface area (Å²) in [5.74, 6) is 0.0874. The van der Waals surface area contributed by atoms with Gasteiger partial charge in [0.05, 0.1) is 17.8 Å². The van der Waals surface area contributed by atoms with E-state index in [1.165, 1.54) is 11.3 Å². The molecular formula is C19H26ClN5O. The van der Waals surface area contributed by atoms with Crippen LogP contribution < -0.4 is 10.2 Å². The first-order valence-corrected chi connectivity index (χ1v) is 9.46. The minimum atomic E-state index is 0.0874. The fourth-order valence-electron chi connectivity index (χ4n) is 3.17. The summed E-state index contributed by atoms with van der Waals surface area (Å²) in [5, 5.41) is 7.64. The van der Waals surface area contributed by atoms with Gasteiger partial charge in [0.1, 0.15) is 0 Å². The van der Waals surface area contributed by atoms with E-state index in [1.54, 1.807) is 17.1 Å². The van der Waals surface area contributed by atoms with E-state index in [4.69, 9.17) is 11.6 Å². The smallest absolute Gasteiger partial charge is 0.221 e. The molecule has 2 heterocycles. The normalized spacial score (nSPS) is 15.2. The predicted octanol–water partition coefficient (Wildman–Crippen LogP) is 2.17. The Labute approximate surface area is 159 Å². The second kappa shape index (κ2) is 9.05. The summed E-state index contributed by atoms with van der Waals surface area (Å²) in [4.78, 5) is 16.8. The number of piperazine rings is 1. The Morgan fingerprint density at radius 3 is 2.73 bits per heavy atom. The standard InChI is InChI=1S/C19H26ClN5O/c1-16-3-2-4-18(13-16)24-11-9-23(10-12-24)7-5-19(26)21-6-8-25-15-17(20)14-22-25/h2-4,13-15H,5-12H2,1H3,(H,21,26). The van der Waals surface area contributed by atoms with E-state index < -0.39 is 0 Å². The number of nitrogens with zero attached hydrogens (tertiary/aromatic N) is 4. The molecule has 7 heteroatoms. The fraction of sp³-hybridized carbons (Fsp3) is 0.474. The van der Waals surface area contributed by atoms with Crippen molar-refractivity contribution < 1.29 is 4.79 Å². The molecule has 1 aliphatic rings. The Bertz CT molecular complexity index is 724. The molecule has 1 aromatic heterocycles. The van der Waals surface area contributed by atoms with Crippen molar-refractivity contribution in [1.29, 1.82) is 0 Å². The third kappa shape index (κ3) is 5.47. The Balaban J connectivity index is 1.32. The van der Waals surface area contributed by atoms with Crippen LogP contribution in [0.5, 0.6) is 0 Å². The summed E-state index contributed by atoms with van der Waals surface area (Å²) in [6.07, 6.45) is 3.88. The van der Waals surface area contributed by atoms with E-state index in [-0.39, 0.29) is 5.91 Å². The lowest BCUT2D eigenvalue weighted by molar-refractivity contribution is -0.121. The molecule has 1 fully saturated rings. The van der Waals surface area contributed by atoms with E-state index in [1.807, 2.05) is 0 Å². The maximum absolute atomic E-state index is 12.0. The number of aromatic nitrogens is 2. The van der Waals surface area contributed by atoms with Gasteiger partial charge in [-0.25, -0.2) is 0 Å². The molecule has 1 aromatic carbocycles. The number of hydrogen-bond acceptors (Lipinski definition) is 4. The molecule has 0 aliphatic carbocycles. The van der Waals surface area contributed by atoms with Gasteiger partial charge in [-0.3, -0.25) is 14.4 Å². The summed E-state index contributed by atoms with van der Waals surface area (Å²) < 4.78 is 1.73. The number of carbonyl (C=O) groups excluding carboxylic acids is 1. The Morgan fingerprint density at radius 1 is 1.23 bits per heavy atom. The third-order valence-corrected chi connectivity index (χ3v) is 4.85. The third-order valence-electron chi connectivity index (χ3n) is 4.66. The van der Waals surface area contributed by atoms with Crippen molar-refractivity contribution >= 4 is 23.2 Å². The first-order chi connectivity index (χ1) is 12.6. The van der Waals surface area contributed by atoms with Crippen LogP contribution in [0.1, 0.15) is 12.0 Å². The number of anilines is 1. The largest absolute Gasteiger partial charge is 0.369 e. The van der Waals surface area contributed by atoms with Crippen LogP contribution in [0.2, 0.25) is 5.02 Å². The Kier molecular flexibility index (Phi) is 6.52. The molecule has 0 bridgehead atoms. The minimum Gasteiger partial charge on any atom is -0.369 e. The van der Waals surface area contributed by atoms with E-state index in [2.05, 4.69) is 51.4 Å². The zero-order valence-electron chi connectivity index (χ0n) is 15.2. The molecule has 26 heavy (non-hydrogen) atoms. The summed E-state index contributed by atoms with van der Waals surface area (Å²) in [6, 6.07) is 8.64. The lowest BCUT2D eigenvalue weighted by Crippen LogP contribution is -2.47. The van der Waals surface area contributed by atoms with Crippen molar-refractivity contribution in [2.24, 2.45) is 0 Å². The van der Waals surface area contributed by atoms with Gasteiger partial charge < -0.3 is 10.2 Å². The number of aryl methyl sites for hydroxylation is 1. The molecule has 1 saturated heterocycles. The number of benzene rings is 1. The maximum Gasteiger partial charge on any atom is 0.221 e. The van der Waals surface area contributed by atoms with Crippen LogP contribution in [0.3, 0.4) is 0 Å². The molecule has 1 aliphatic heterocycles. The van der Waals surface area contributed by atoms with Crippen molar-refractivity contribution in [3.63, 3.8) is 0 Å². The van der Waals surface area contributed by atoms with Crippen molar-refractivity contribution in [2.75, 3.05) is 44.2 Å². The monoisotopic (exact) mass is 375 g/mol. The van der Waals surface area contributed by atoms with Crippen LogP contribution in [0, 0.1) is 6.92 Å². The van der Waals surface area contributed by atoms with Crippen LogP contribution >= 0.6 is 11.6 Å². The first-order valence-electron chi connectivity index (χ1n) is 9.09. The number of carbonyl (C=O) groups is 1. The van der Waals surface area contributed by atoms with E-state index in [0.717, 1.165) is 32.7 Å². The van der Waals surface area contributed by atoms with Crippen LogP contribution in [0.15, 0.2) is 36.7 Å². The lowest BCUT2D eigenvalue weighted by atomic mass is 10.2. The number of amides is 1. The van der Waals surface area contributed by atoms with Gasteiger partial charge in [-0.2, -0.15) is 5.10 Å². The van der Waals surface area contributed by atoms with Crippen molar-refractivity contribution in [3.05, 3.63) is 47.2 Å². The van der Waals surface area contributed by atoms with Crippen LogP contribution in [-0.4, -0.2) is 59.9 Å². The zero-order chi connectivity index (χ0) is 18.4. The second-order valence-electron chi connectivity index (χ2n) is 6.69. The molecule has 1 amide bonds. The summed E-state index contributed by atoms with van der Waals surface area (Å²) >= 11 is 5.82. The van der Waals surface area contributed by atoms with E-state index in [0.29, 0.717) is 24.5 Å². The van der Waals surface area contributed by atoms with Gasteiger partial charge in [0, 0.05) is 57.6 Å². The van der Waals surface area contributed by atoms with E-state index in [9.17, 15) is 4.79 Å². The quantitative estimate of drug-likeness (QED) is 0.805. The highest BCUT2D eigenvalue weighted by atomic mass is 35.5. The number of rotatable bonds is 7. The van der Waals surface area contributed by atoms with Crippen LogP contribution in [0.25, 0.3) is 0 Å². The molecule has 140 valence electrons. The van der Waals surface area contributed by atoms with E-state index >= 15 is 0 Å². The summed E-state index contributed by atoms with van der Waals surface area (Å²) in [7, 11) is 0. The van der Waals surface area contributed by atoms with Gasteiger partial charge in [-0.1, -0.05) is 23.7 Å². The average Bonchev–Trinajstić information content (AvgIpc) is 3.05. The average molecular weight is 376 g/mol. The minimum absolute atomic E-state index is 0.0874.